The van der Waals surface area contributed by atoms with Crippen LogP contribution in [-0.2, 0) is 32.6 Å². The number of amides is 2. The number of carbonyl (C=O) groups is 2. The van der Waals surface area contributed by atoms with Crippen molar-refractivity contribution < 1.29 is 18.0 Å². The van der Waals surface area contributed by atoms with Gasteiger partial charge in [-0.25, -0.2) is 8.42 Å². The summed E-state index contributed by atoms with van der Waals surface area (Å²) in [5.74, 6) is -0.779. The number of aryl methyl sites for hydroxylation is 1. The minimum atomic E-state index is -4.13. The van der Waals surface area contributed by atoms with Crippen LogP contribution in [-0.4, -0.2) is 44.3 Å². The number of sulfonamides is 1. The van der Waals surface area contributed by atoms with E-state index < -0.39 is 28.5 Å². The van der Waals surface area contributed by atoms with Crippen LogP contribution in [0.25, 0.3) is 0 Å². The van der Waals surface area contributed by atoms with Crippen molar-refractivity contribution in [2.45, 2.75) is 44.2 Å². The topological polar surface area (TPSA) is 86.8 Å². The number of nitrogens with zero attached hydrogens (tertiary/aromatic N) is 2. The first kappa shape index (κ1) is 32.0. The van der Waals surface area contributed by atoms with Crippen molar-refractivity contribution in [1.82, 2.24) is 10.2 Å². The fraction of sp³-hybridized carbons (Fsp3) is 0.235. The Bertz CT molecular complexity index is 1610. The number of hydrogen-bond acceptors (Lipinski definition) is 4. The lowest BCUT2D eigenvalue weighted by atomic mass is 10.0. The SMILES string of the molecule is CCCNC(=O)C(Cc1ccccc1)N(Cc1ccc(C)cc1)C(=O)CN(c1cccc(Br)c1)S(=O)(=O)c1ccccc1. The molecule has 0 bridgehead atoms. The summed E-state index contributed by atoms with van der Waals surface area (Å²) in [5.41, 5.74) is 3.12. The summed E-state index contributed by atoms with van der Waals surface area (Å²) in [4.78, 5) is 29.6. The van der Waals surface area contributed by atoms with Gasteiger partial charge in [0.05, 0.1) is 10.6 Å². The Morgan fingerprint density at radius 2 is 1.49 bits per heavy atom. The molecule has 43 heavy (non-hydrogen) atoms. The van der Waals surface area contributed by atoms with Crippen molar-refractivity contribution in [2.75, 3.05) is 17.4 Å². The molecule has 4 aromatic rings. The number of rotatable bonds is 13. The molecule has 0 spiro atoms. The van der Waals surface area contributed by atoms with Gasteiger partial charge in [0.2, 0.25) is 11.8 Å². The molecule has 0 heterocycles. The van der Waals surface area contributed by atoms with Gasteiger partial charge in [-0.1, -0.05) is 107 Å². The van der Waals surface area contributed by atoms with E-state index in [9.17, 15) is 18.0 Å². The average Bonchev–Trinajstić information content (AvgIpc) is 3.02. The average molecular weight is 663 g/mol. The van der Waals surface area contributed by atoms with Gasteiger partial charge < -0.3 is 10.2 Å². The molecule has 1 atom stereocenters. The Labute approximate surface area is 262 Å². The number of hydrogen-bond donors (Lipinski definition) is 1. The first-order valence-corrected chi connectivity index (χ1v) is 16.4. The van der Waals surface area contributed by atoms with Gasteiger partial charge in [0.25, 0.3) is 10.0 Å². The van der Waals surface area contributed by atoms with E-state index >= 15 is 0 Å². The third kappa shape index (κ3) is 8.55. The van der Waals surface area contributed by atoms with Crippen LogP contribution < -0.4 is 9.62 Å². The molecule has 0 radical (unpaired) electrons. The van der Waals surface area contributed by atoms with E-state index in [0.717, 1.165) is 27.4 Å². The summed E-state index contributed by atoms with van der Waals surface area (Å²) in [5, 5.41) is 2.96. The van der Waals surface area contributed by atoms with E-state index in [-0.39, 0.29) is 23.8 Å². The molecule has 0 saturated carbocycles. The van der Waals surface area contributed by atoms with E-state index in [1.807, 2.05) is 68.4 Å². The fourth-order valence-electron chi connectivity index (χ4n) is 4.69. The maximum absolute atomic E-state index is 14.4. The number of anilines is 1. The van der Waals surface area contributed by atoms with Gasteiger partial charge in [-0.15, -0.1) is 0 Å². The molecule has 4 rings (SSSR count). The molecule has 1 unspecified atom stereocenters. The van der Waals surface area contributed by atoms with Crippen LogP contribution in [0.5, 0.6) is 0 Å². The number of carbonyl (C=O) groups excluding carboxylic acids is 2. The van der Waals surface area contributed by atoms with Gasteiger partial charge >= 0.3 is 0 Å². The number of benzene rings is 4. The largest absolute Gasteiger partial charge is 0.354 e. The van der Waals surface area contributed by atoms with Crippen LogP contribution in [0.4, 0.5) is 5.69 Å². The number of halogens is 1. The second kappa shape index (κ2) is 15.0. The zero-order valence-electron chi connectivity index (χ0n) is 24.3. The monoisotopic (exact) mass is 661 g/mol. The van der Waals surface area contributed by atoms with Crippen molar-refractivity contribution in [3.05, 3.63) is 130 Å². The second-order valence-corrected chi connectivity index (χ2v) is 13.1. The highest BCUT2D eigenvalue weighted by atomic mass is 79.9. The molecule has 9 heteroatoms. The van der Waals surface area contributed by atoms with Crippen LogP contribution in [0, 0.1) is 6.92 Å². The molecule has 1 N–H and O–H groups in total. The minimum Gasteiger partial charge on any atom is -0.354 e. The molecule has 0 aliphatic rings. The van der Waals surface area contributed by atoms with Crippen LogP contribution in [0.3, 0.4) is 0 Å². The lowest BCUT2D eigenvalue weighted by Gasteiger charge is -2.34. The zero-order chi connectivity index (χ0) is 30.8. The summed E-state index contributed by atoms with van der Waals surface area (Å²) in [7, 11) is -4.13. The Morgan fingerprint density at radius 1 is 0.837 bits per heavy atom. The standard InChI is InChI=1S/C34H36BrN3O4S/c1-3-21-36-34(40)32(22-27-11-6-4-7-12-27)37(24-28-19-17-26(2)18-20-28)33(39)25-38(30-14-10-13-29(35)23-30)43(41,42)31-15-8-5-9-16-31/h4-20,23,32H,3,21-22,24-25H2,1-2H3,(H,36,40). The fourth-order valence-corrected chi connectivity index (χ4v) is 6.50. The van der Waals surface area contributed by atoms with E-state index in [1.165, 1.54) is 17.0 Å². The van der Waals surface area contributed by atoms with Crippen molar-refractivity contribution in [3.63, 3.8) is 0 Å². The summed E-state index contributed by atoms with van der Waals surface area (Å²) in [6.07, 6.45) is 1.01. The Balaban J connectivity index is 1.78. The summed E-state index contributed by atoms with van der Waals surface area (Å²) >= 11 is 3.43. The molecular formula is C34H36BrN3O4S. The highest BCUT2D eigenvalue weighted by Gasteiger charge is 2.34. The lowest BCUT2D eigenvalue weighted by molar-refractivity contribution is -0.140. The molecular weight excluding hydrogens is 626 g/mol. The molecule has 0 aromatic heterocycles. The zero-order valence-corrected chi connectivity index (χ0v) is 26.7. The van der Waals surface area contributed by atoms with E-state index in [1.54, 1.807) is 42.5 Å². The van der Waals surface area contributed by atoms with Crippen LogP contribution in [0.2, 0.25) is 0 Å². The quantitative estimate of drug-likeness (QED) is 0.187. The lowest BCUT2D eigenvalue weighted by Crippen LogP contribution is -2.53. The predicted molar refractivity (Wildman–Crippen MR) is 174 cm³/mol. The first-order chi connectivity index (χ1) is 20.7. The minimum absolute atomic E-state index is 0.0642. The van der Waals surface area contributed by atoms with Crippen molar-refractivity contribution in [2.24, 2.45) is 0 Å². The van der Waals surface area contributed by atoms with E-state index in [4.69, 9.17) is 0 Å². The van der Waals surface area contributed by atoms with Gasteiger partial charge in [-0.05, 0) is 54.8 Å². The maximum atomic E-state index is 14.4. The highest BCUT2D eigenvalue weighted by Crippen LogP contribution is 2.27. The Morgan fingerprint density at radius 3 is 2.12 bits per heavy atom. The second-order valence-electron chi connectivity index (χ2n) is 10.3. The first-order valence-electron chi connectivity index (χ1n) is 14.2. The third-order valence-corrected chi connectivity index (χ3v) is 9.28. The highest BCUT2D eigenvalue weighted by molar-refractivity contribution is 9.10. The maximum Gasteiger partial charge on any atom is 0.264 e. The molecule has 7 nitrogen and oxygen atoms in total. The van der Waals surface area contributed by atoms with Crippen LogP contribution in [0.15, 0.2) is 119 Å². The van der Waals surface area contributed by atoms with E-state index in [2.05, 4.69) is 21.2 Å². The molecule has 0 saturated heterocycles. The molecule has 224 valence electrons. The molecule has 0 fully saturated rings. The van der Waals surface area contributed by atoms with Gasteiger partial charge in [-0.3, -0.25) is 13.9 Å². The molecule has 4 aromatic carbocycles. The summed E-state index contributed by atoms with van der Waals surface area (Å²) in [6.45, 7) is 4.04. The molecule has 0 aliphatic heterocycles. The normalized spacial score (nSPS) is 11.9. The summed E-state index contributed by atoms with van der Waals surface area (Å²) < 4.78 is 29.8. The van der Waals surface area contributed by atoms with E-state index in [0.29, 0.717) is 16.7 Å². The van der Waals surface area contributed by atoms with Gasteiger partial charge in [0, 0.05) is 24.0 Å². The van der Waals surface area contributed by atoms with Crippen LogP contribution in [0.1, 0.15) is 30.0 Å². The molecule has 0 aliphatic carbocycles. The Kier molecular flexibility index (Phi) is 11.1. The van der Waals surface area contributed by atoms with Crippen molar-refractivity contribution in [3.8, 4) is 0 Å². The predicted octanol–water partition coefficient (Wildman–Crippen LogP) is 6.12. The number of nitrogens with one attached hydrogen (secondary N) is 1. The van der Waals surface area contributed by atoms with Crippen LogP contribution >= 0.6 is 15.9 Å². The van der Waals surface area contributed by atoms with Gasteiger partial charge in [0.1, 0.15) is 12.6 Å². The van der Waals surface area contributed by atoms with Crippen molar-refractivity contribution >= 4 is 43.5 Å². The summed E-state index contributed by atoms with van der Waals surface area (Å²) in [6, 6.07) is 31.3. The van der Waals surface area contributed by atoms with Gasteiger partial charge in [-0.2, -0.15) is 0 Å². The third-order valence-electron chi connectivity index (χ3n) is 7.00. The Hall–Kier alpha value is -3.95. The molecule has 2 amide bonds. The van der Waals surface area contributed by atoms with Crippen molar-refractivity contribution in [1.29, 1.82) is 0 Å². The smallest absolute Gasteiger partial charge is 0.264 e. The van der Waals surface area contributed by atoms with Gasteiger partial charge in [0.15, 0.2) is 0 Å².